The number of thioether (sulfide) groups is 1. The van der Waals surface area contributed by atoms with Crippen LogP contribution in [0.5, 0.6) is 0 Å². The van der Waals surface area contributed by atoms with Crippen LogP contribution in [0, 0.1) is 11.8 Å². The molecular weight excluding hydrogens is 228 g/mol. The number of hydrogen-bond donors (Lipinski definition) is 1. The molecular formula is C14H26N2S. The molecule has 2 aliphatic rings. The third-order valence-electron chi connectivity index (χ3n) is 4.19. The lowest BCUT2D eigenvalue weighted by Crippen LogP contribution is -2.40. The van der Waals surface area contributed by atoms with E-state index >= 15 is 0 Å². The van der Waals surface area contributed by atoms with Crippen LogP contribution < -0.4 is 5.32 Å². The second-order valence-corrected chi connectivity index (χ2v) is 6.77. The minimum atomic E-state index is 0.533. The maximum Gasteiger partial charge on any atom is 0.157 e. The van der Waals surface area contributed by atoms with Gasteiger partial charge in [0, 0.05) is 11.8 Å². The van der Waals surface area contributed by atoms with Crippen LogP contribution in [0.2, 0.25) is 0 Å². The summed E-state index contributed by atoms with van der Waals surface area (Å²) >= 11 is 1.92. The average molecular weight is 254 g/mol. The molecule has 0 saturated heterocycles. The third kappa shape index (κ3) is 3.40. The Labute approximate surface area is 110 Å². The fraction of sp³-hybridized carbons (Fsp3) is 0.929. The molecule has 3 atom stereocenters. The van der Waals surface area contributed by atoms with Crippen LogP contribution in [-0.2, 0) is 0 Å². The maximum absolute atomic E-state index is 4.82. The van der Waals surface area contributed by atoms with Crippen molar-refractivity contribution in [2.45, 2.75) is 65.0 Å². The fourth-order valence-electron chi connectivity index (χ4n) is 2.85. The highest BCUT2D eigenvalue weighted by Crippen LogP contribution is 2.29. The second kappa shape index (κ2) is 6.12. The Kier molecular flexibility index (Phi) is 4.78. The Hall–Kier alpha value is -0.180. The first kappa shape index (κ1) is 13.3. The largest absolute Gasteiger partial charge is 0.362 e. The zero-order valence-corrected chi connectivity index (χ0v) is 12.2. The molecule has 1 N–H and O–H groups in total. The predicted molar refractivity (Wildman–Crippen MR) is 77.7 cm³/mol. The monoisotopic (exact) mass is 254 g/mol. The molecule has 1 aliphatic heterocycles. The Balaban J connectivity index is 1.89. The lowest BCUT2D eigenvalue weighted by atomic mass is 9.83. The number of aliphatic imine (C=N–C) groups is 1. The summed E-state index contributed by atoms with van der Waals surface area (Å²) < 4.78 is 0. The van der Waals surface area contributed by atoms with Crippen molar-refractivity contribution in [2.75, 3.05) is 5.75 Å². The first-order chi connectivity index (χ1) is 8.20. The highest BCUT2D eigenvalue weighted by atomic mass is 32.2. The highest BCUT2D eigenvalue weighted by Gasteiger charge is 2.27. The first-order valence-corrected chi connectivity index (χ1v) is 8.16. The summed E-state index contributed by atoms with van der Waals surface area (Å²) in [5.74, 6) is 2.71. The smallest absolute Gasteiger partial charge is 0.157 e. The Morgan fingerprint density at radius 1 is 1.35 bits per heavy atom. The van der Waals surface area contributed by atoms with Crippen LogP contribution >= 0.6 is 11.8 Å². The maximum atomic E-state index is 4.82. The Morgan fingerprint density at radius 2 is 2.12 bits per heavy atom. The van der Waals surface area contributed by atoms with Crippen LogP contribution in [0.3, 0.4) is 0 Å². The van der Waals surface area contributed by atoms with E-state index < -0.39 is 0 Å². The molecule has 0 radical (unpaired) electrons. The molecule has 0 aromatic rings. The van der Waals surface area contributed by atoms with Gasteiger partial charge in [-0.2, -0.15) is 0 Å². The number of hydrogen-bond acceptors (Lipinski definition) is 3. The van der Waals surface area contributed by atoms with Gasteiger partial charge in [0.15, 0.2) is 5.17 Å². The summed E-state index contributed by atoms with van der Waals surface area (Å²) in [7, 11) is 0. The minimum absolute atomic E-state index is 0.533. The van der Waals surface area contributed by atoms with E-state index in [4.69, 9.17) is 4.99 Å². The molecule has 0 aromatic heterocycles. The summed E-state index contributed by atoms with van der Waals surface area (Å²) in [5, 5.41) is 4.93. The van der Waals surface area contributed by atoms with E-state index in [1.54, 1.807) is 0 Å². The summed E-state index contributed by atoms with van der Waals surface area (Å²) in [6, 6.07) is 1.22. The van der Waals surface area contributed by atoms with Gasteiger partial charge in [0.2, 0.25) is 0 Å². The summed E-state index contributed by atoms with van der Waals surface area (Å²) in [6.07, 6.45) is 6.86. The van der Waals surface area contributed by atoms with E-state index in [-0.39, 0.29) is 0 Å². The second-order valence-electron chi connectivity index (χ2n) is 5.76. The zero-order valence-electron chi connectivity index (χ0n) is 11.4. The normalized spacial score (nSPS) is 33.9. The molecule has 98 valence electrons. The van der Waals surface area contributed by atoms with Crippen molar-refractivity contribution in [3.05, 3.63) is 0 Å². The van der Waals surface area contributed by atoms with Crippen molar-refractivity contribution < 1.29 is 0 Å². The average Bonchev–Trinajstić information content (AvgIpc) is 2.78. The van der Waals surface area contributed by atoms with Crippen LogP contribution in [0.15, 0.2) is 4.99 Å². The predicted octanol–water partition coefficient (Wildman–Crippen LogP) is 3.67. The van der Waals surface area contributed by atoms with Gasteiger partial charge >= 0.3 is 0 Å². The van der Waals surface area contributed by atoms with Gasteiger partial charge in [0.1, 0.15) is 0 Å². The van der Waals surface area contributed by atoms with E-state index in [1.807, 2.05) is 11.8 Å². The quantitative estimate of drug-likeness (QED) is 0.831. The fourth-order valence-corrected chi connectivity index (χ4v) is 4.09. The van der Waals surface area contributed by atoms with Gasteiger partial charge in [0.05, 0.1) is 6.04 Å². The molecule has 0 bridgehead atoms. The number of rotatable bonds is 3. The molecule has 17 heavy (non-hydrogen) atoms. The van der Waals surface area contributed by atoms with Gasteiger partial charge < -0.3 is 5.32 Å². The van der Waals surface area contributed by atoms with E-state index in [2.05, 4.69) is 26.1 Å². The van der Waals surface area contributed by atoms with Crippen molar-refractivity contribution >= 4 is 16.9 Å². The van der Waals surface area contributed by atoms with E-state index in [9.17, 15) is 0 Å². The molecule has 1 heterocycles. The molecule has 1 aliphatic carbocycles. The van der Waals surface area contributed by atoms with Crippen LogP contribution in [-0.4, -0.2) is 23.0 Å². The van der Waals surface area contributed by atoms with Gasteiger partial charge in [-0.15, -0.1) is 0 Å². The molecule has 0 aromatic carbocycles. The summed E-state index contributed by atoms with van der Waals surface area (Å²) in [6.45, 7) is 6.87. The van der Waals surface area contributed by atoms with Crippen LogP contribution in [0.4, 0.5) is 0 Å². The SMILES string of the molecule is CCC1CCCCC1NC1=NC(C(C)C)CS1. The lowest BCUT2D eigenvalue weighted by molar-refractivity contribution is 0.281. The zero-order chi connectivity index (χ0) is 12.3. The van der Waals surface area contributed by atoms with Crippen molar-refractivity contribution in [3.63, 3.8) is 0 Å². The van der Waals surface area contributed by atoms with Gasteiger partial charge in [-0.25, -0.2) is 0 Å². The van der Waals surface area contributed by atoms with Gasteiger partial charge in [-0.05, 0) is 24.7 Å². The van der Waals surface area contributed by atoms with Crippen molar-refractivity contribution in [1.29, 1.82) is 0 Å². The highest BCUT2D eigenvalue weighted by molar-refractivity contribution is 8.14. The third-order valence-corrected chi connectivity index (χ3v) is 5.19. The molecule has 3 heteroatoms. The van der Waals surface area contributed by atoms with Gasteiger partial charge in [-0.3, -0.25) is 4.99 Å². The molecule has 2 nitrogen and oxygen atoms in total. The van der Waals surface area contributed by atoms with Crippen molar-refractivity contribution in [2.24, 2.45) is 16.8 Å². The van der Waals surface area contributed by atoms with Crippen molar-refractivity contribution in [3.8, 4) is 0 Å². The molecule has 1 saturated carbocycles. The summed E-state index contributed by atoms with van der Waals surface area (Å²) in [5.41, 5.74) is 0. The van der Waals surface area contributed by atoms with E-state index in [0.29, 0.717) is 18.0 Å². The molecule has 2 rings (SSSR count). The van der Waals surface area contributed by atoms with E-state index in [0.717, 1.165) is 5.92 Å². The first-order valence-electron chi connectivity index (χ1n) is 7.17. The van der Waals surface area contributed by atoms with Crippen LogP contribution in [0.25, 0.3) is 0 Å². The number of nitrogens with zero attached hydrogens (tertiary/aromatic N) is 1. The van der Waals surface area contributed by atoms with Gasteiger partial charge in [-0.1, -0.05) is 51.8 Å². The summed E-state index contributed by atoms with van der Waals surface area (Å²) in [4.78, 5) is 4.82. The lowest BCUT2D eigenvalue weighted by Gasteiger charge is -2.31. The van der Waals surface area contributed by atoms with Gasteiger partial charge in [0.25, 0.3) is 0 Å². The number of nitrogens with one attached hydrogen (secondary N) is 1. The molecule has 3 unspecified atom stereocenters. The molecule has 0 spiro atoms. The Morgan fingerprint density at radius 3 is 2.76 bits per heavy atom. The molecule has 1 fully saturated rings. The Bertz CT molecular complexity index is 275. The van der Waals surface area contributed by atoms with Crippen molar-refractivity contribution in [1.82, 2.24) is 5.32 Å². The minimum Gasteiger partial charge on any atom is -0.362 e. The standard InChI is InChI=1S/C14H26N2S/c1-4-11-7-5-6-8-12(11)15-14-16-13(9-17-14)10(2)3/h10-13H,4-9H2,1-3H3,(H,15,16). The van der Waals surface area contributed by atoms with Crippen LogP contribution in [0.1, 0.15) is 52.9 Å². The number of amidine groups is 1. The topological polar surface area (TPSA) is 24.4 Å². The van der Waals surface area contributed by atoms with E-state index in [1.165, 1.54) is 43.0 Å². The molecule has 0 amide bonds.